The molecule has 0 saturated carbocycles. The highest BCUT2D eigenvalue weighted by Crippen LogP contribution is 2.28. The summed E-state index contributed by atoms with van der Waals surface area (Å²) < 4.78 is 5.64. The van der Waals surface area contributed by atoms with Crippen molar-refractivity contribution in [2.24, 2.45) is 5.41 Å². The van der Waals surface area contributed by atoms with E-state index < -0.39 is 4.92 Å². The fraction of sp³-hybridized carbons (Fsp3) is 0.562. The minimum atomic E-state index is -0.392. The maximum atomic E-state index is 10.9. The van der Waals surface area contributed by atoms with Gasteiger partial charge in [0.05, 0.1) is 29.1 Å². The lowest BCUT2D eigenvalue weighted by Gasteiger charge is -2.15. The predicted molar refractivity (Wildman–Crippen MR) is 81.3 cm³/mol. The van der Waals surface area contributed by atoms with Crippen LogP contribution in [0.25, 0.3) is 0 Å². The van der Waals surface area contributed by atoms with E-state index in [1.165, 1.54) is 6.07 Å². The third-order valence-electron chi connectivity index (χ3n) is 3.45. The summed E-state index contributed by atoms with van der Waals surface area (Å²) in [6, 6.07) is 5.53. The molecule has 21 heavy (non-hydrogen) atoms. The zero-order chi connectivity index (χ0) is 16.0. The second-order valence-corrected chi connectivity index (χ2v) is 5.96. The molecule has 0 bridgehead atoms. The van der Waals surface area contributed by atoms with Gasteiger partial charge < -0.3 is 4.74 Å². The zero-order valence-corrected chi connectivity index (χ0v) is 13.1. The van der Waals surface area contributed by atoms with E-state index in [0.717, 1.165) is 24.8 Å². The minimum Gasteiger partial charge on any atom is -0.493 e. The minimum absolute atomic E-state index is 0.0845. The number of nitriles is 1. The van der Waals surface area contributed by atoms with E-state index in [-0.39, 0.29) is 11.1 Å². The second kappa shape index (κ2) is 7.07. The van der Waals surface area contributed by atoms with Crippen LogP contribution < -0.4 is 4.74 Å². The van der Waals surface area contributed by atoms with Crippen LogP contribution in [-0.4, -0.2) is 11.5 Å². The number of ether oxygens (including phenoxy) is 1. The van der Waals surface area contributed by atoms with E-state index in [0.29, 0.717) is 17.9 Å². The van der Waals surface area contributed by atoms with Crippen molar-refractivity contribution < 1.29 is 9.66 Å². The molecule has 0 aromatic heterocycles. The number of benzene rings is 1. The fourth-order valence-electron chi connectivity index (χ4n) is 2.08. The van der Waals surface area contributed by atoms with Crippen LogP contribution in [0, 0.1) is 40.7 Å². The number of hydrogen-bond donors (Lipinski definition) is 0. The largest absolute Gasteiger partial charge is 0.493 e. The molecule has 1 aromatic rings. The number of rotatable bonds is 7. The molecule has 0 aliphatic rings. The molecule has 0 aliphatic heterocycles. The van der Waals surface area contributed by atoms with Crippen molar-refractivity contribution in [3.8, 4) is 11.8 Å². The van der Waals surface area contributed by atoms with Crippen molar-refractivity contribution in [3.63, 3.8) is 0 Å². The molecule has 0 unspecified atom stereocenters. The van der Waals surface area contributed by atoms with Crippen LogP contribution >= 0.6 is 0 Å². The average molecular weight is 290 g/mol. The maximum Gasteiger partial charge on any atom is 0.276 e. The van der Waals surface area contributed by atoms with Gasteiger partial charge in [0, 0.05) is 5.56 Å². The zero-order valence-electron chi connectivity index (χ0n) is 13.1. The Labute approximate surface area is 125 Å². The van der Waals surface area contributed by atoms with Crippen molar-refractivity contribution >= 4 is 5.69 Å². The quantitative estimate of drug-likeness (QED) is 0.426. The summed E-state index contributed by atoms with van der Waals surface area (Å²) in [6.07, 6.45) is 2.54. The summed E-state index contributed by atoms with van der Waals surface area (Å²) in [5.41, 5.74) is 1.32. The molecule has 0 fully saturated rings. The first-order chi connectivity index (χ1) is 9.76. The van der Waals surface area contributed by atoms with Gasteiger partial charge >= 0.3 is 0 Å². The molecule has 5 heteroatoms. The molecule has 0 amide bonds. The van der Waals surface area contributed by atoms with Crippen LogP contribution in [0.4, 0.5) is 5.69 Å². The first-order valence-electron chi connectivity index (χ1n) is 7.06. The van der Waals surface area contributed by atoms with E-state index in [1.807, 2.05) is 20.8 Å². The highest BCUT2D eigenvalue weighted by Gasteiger charge is 2.16. The molecule has 1 aromatic carbocycles. The second-order valence-electron chi connectivity index (χ2n) is 5.96. The van der Waals surface area contributed by atoms with Gasteiger partial charge in [0.2, 0.25) is 0 Å². The van der Waals surface area contributed by atoms with Crippen LogP contribution in [0.15, 0.2) is 12.1 Å². The van der Waals surface area contributed by atoms with Crippen LogP contribution in [-0.2, 0) is 0 Å². The normalized spacial score (nSPS) is 11.0. The highest BCUT2D eigenvalue weighted by molar-refractivity contribution is 5.49. The summed E-state index contributed by atoms with van der Waals surface area (Å²) in [4.78, 5) is 10.5. The molecular formula is C16H22N2O3. The van der Waals surface area contributed by atoms with Crippen LogP contribution in [0.5, 0.6) is 5.75 Å². The van der Waals surface area contributed by atoms with Crippen LogP contribution in [0.3, 0.4) is 0 Å². The standard InChI is InChI=1S/C16H22N2O3/c1-12-9-13(2)15(10-14(12)18(19)20)21-8-6-5-7-16(3,4)11-17/h9-10H,5-8H2,1-4H3. The Balaban J connectivity index is 2.55. The molecule has 0 N–H and O–H groups in total. The van der Waals surface area contributed by atoms with Crippen LogP contribution in [0.1, 0.15) is 44.2 Å². The Morgan fingerprint density at radius 1 is 1.29 bits per heavy atom. The van der Waals surface area contributed by atoms with E-state index >= 15 is 0 Å². The topological polar surface area (TPSA) is 76.2 Å². The number of unbranched alkanes of at least 4 members (excludes halogenated alkanes) is 1. The number of hydrogen-bond acceptors (Lipinski definition) is 4. The lowest BCUT2D eigenvalue weighted by atomic mass is 9.89. The molecule has 1 rings (SSSR count). The van der Waals surface area contributed by atoms with Gasteiger partial charge in [-0.2, -0.15) is 5.26 Å². The number of nitro groups is 1. The van der Waals surface area contributed by atoms with Crippen molar-refractivity contribution in [1.29, 1.82) is 5.26 Å². The molecule has 5 nitrogen and oxygen atoms in total. The Morgan fingerprint density at radius 2 is 1.95 bits per heavy atom. The third-order valence-corrected chi connectivity index (χ3v) is 3.45. The van der Waals surface area contributed by atoms with Gasteiger partial charge in [-0.25, -0.2) is 0 Å². The molecule has 0 aliphatic carbocycles. The maximum absolute atomic E-state index is 10.9. The lowest BCUT2D eigenvalue weighted by molar-refractivity contribution is -0.385. The highest BCUT2D eigenvalue weighted by atomic mass is 16.6. The van der Waals surface area contributed by atoms with Gasteiger partial charge in [0.25, 0.3) is 5.69 Å². The van der Waals surface area contributed by atoms with Crippen molar-refractivity contribution in [2.75, 3.05) is 6.61 Å². The van der Waals surface area contributed by atoms with Gasteiger partial charge in [-0.3, -0.25) is 10.1 Å². The monoisotopic (exact) mass is 290 g/mol. The first kappa shape index (κ1) is 17.0. The summed E-state index contributed by atoms with van der Waals surface area (Å²) >= 11 is 0. The van der Waals surface area contributed by atoms with E-state index in [1.54, 1.807) is 13.0 Å². The van der Waals surface area contributed by atoms with Crippen molar-refractivity contribution in [1.82, 2.24) is 0 Å². The Kier molecular flexibility index (Phi) is 5.71. The smallest absolute Gasteiger partial charge is 0.276 e. The van der Waals surface area contributed by atoms with Gasteiger partial charge in [0.15, 0.2) is 0 Å². The lowest BCUT2D eigenvalue weighted by Crippen LogP contribution is -2.08. The molecule has 0 heterocycles. The molecule has 0 spiro atoms. The number of nitrogens with zero attached hydrogens (tertiary/aromatic N) is 2. The van der Waals surface area contributed by atoms with E-state index in [2.05, 4.69) is 6.07 Å². The SMILES string of the molecule is Cc1cc(C)c([N+](=O)[O-])cc1OCCCCC(C)(C)C#N. The van der Waals surface area contributed by atoms with Crippen LogP contribution in [0.2, 0.25) is 0 Å². The predicted octanol–water partition coefficient (Wildman–Crippen LogP) is 4.31. The molecule has 0 radical (unpaired) electrons. The van der Waals surface area contributed by atoms with Gasteiger partial charge in [-0.1, -0.05) is 0 Å². The number of nitro benzene ring substituents is 1. The molecule has 0 atom stereocenters. The first-order valence-corrected chi connectivity index (χ1v) is 7.06. The Hall–Kier alpha value is -2.09. The molecule has 114 valence electrons. The fourth-order valence-corrected chi connectivity index (χ4v) is 2.08. The summed E-state index contributed by atoms with van der Waals surface area (Å²) in [7, 11) is 0. The van der Waals surface area contributed by atoms with Gasteiger partial charge in [0.1, 0.15) is 5.75 Å². The average Bonchev–Trinajstić information content (AvgIpc) is 2.40. The molecular weight excluding hydrogens is 268 g/mol. The van der Waals surface area contributed by atoms with Gasteiger partial charge in [-0.05, 0) is 58.6 Å². The summed E-state index contributed by atoms with van der Waals surface area (Å²) in [5.74, 6) is 0.562. The third kappa shape index (κ3) is 5.07. The van der Waals surface area contributed by atoms with E-state index in [9.17, 15) is 10.1 Å². The Bertz CT molecular complexity index is 559. The number of aryl methyl sites for hydroxylation is 2. The van der Waals surface area contributed by atoms with Crippen molar-refractivity contribution in [3.05, 3.63) is 33.4 Å². The Morgan fingerprint density at radius 3 is 2.52 bits per heavy atom. The summed E-state index contributed by atoms with van der Waals surface area (Å²) in [6.45, 7) is 7.94. The van der Waals surface area contributed by atoms with Gasteiger partial charge in [-0.15, -0.1) is 0 Å². The molecule has 0 saturated heterocycles. The van der Waals surface area contributed by atoms with Crippen molar-refractivity contribution in [2.45, 2.75) is 47.0 Å². The van der Waals surface area contributed by atoms with E-state index in [4.69, 9.17) is 10.00 Å². The summed E-state index contributed by atoms with van der Waals surface area (Å²) in [5, 5.41) is 19.9.